The lowest BCUT2D eigenvalue weighted by Crippen LogP contribution is -2.05. The maximum Gasteiger partial charge on any atom is 0.111 e. The van der Waals surface area contributed by atoms with E-state index in [9.17, 15) is 4.39 Å². The van der Waals surface area contributed by atoms with Gasteiger partial charge < -0.3 is 0 Å². The van der Waals surface area contributed by atoms with Gasteiger partial charge in [-0.15, -0.1) is 0 Å². The van der Waals surface area contributed by atoms with E-state index in [-0.39, 0.29) is 6.67 Å². The Morgan fingerprint density at radius 2 is 1.78 bits per heavy atom. The summed E-state index contributed by atoms with van der Waals surface area (Å²) >= 11 is 0. The van der Waals surface area contributed by atoms with Crippen LogP contribution in [0.5, 0.6) is 0 Å². The molecule has 0 heterocycles. The average molecular weight is 314 g/mol. The van der Waals surface area contributed by atoms with E-state index in [2.05, 4.69) is 51.6 Å². The predicted octanol–water partition coefficient (Wildman–Crippen LogP) is 6.62. The molecule has 0 aliphatic heterocycles. The molecule has 2 atom stereocenters. The van der Waals surface area contributed by atoms with Crippen molar-refractivity contribution in [1.29, 1.82) is 0 Å². The Morgan fingerprint density at radius 3 is 2.39 bits per heavy atom. The summed E-state index contributed by atoms with van der Waals surface area (Å²) in [6.07, 6.45) is 11.8. The van der Waals surface area contributed by atoms with Crippen molar-refractivity contribution in [3.63, 3.8) is 0 Å². The van der Waals surface area contributed by atoms with Gasteiger partial charge in [0.1, 0.15) is 6.67 Å². The van der Waals surface area contributed by atoms with Crippen LogP contribution in [0.3, 0.4) is 0 Å². The van der Waals surface area contributed by atoms with Crippen LogP contribution in [0.4, 0.5) is 4.39 Å². The fourth-order valence-electron chi connectivity index (χ4n) is 2.63. The zero-order valence-corrected chi connectivity index (χ0v) is 14.9. The number of benzene rings is 1. The molecular weight excluding hydrogens is 283 g/mol. The highest BCUT2D eigenvalue weighted by atomic mass is 19.1. The first-order valence-corrected chi connectivity index (χ1v) is 8.66. The number of halogens is 1. The summed E-state index contributed by atoms with van der Waals surface area (Å²) in [6, 6.07) is 8.80. The number of hydrogen-bond donors (Lipinski definition) is 0. The molecule has 0 aliphatic carbocycles. The van der Waals surface area contributed by atoms with Gasteiger partial charge in [-0.25, -0.2) is 4.39 Å². The molecule has 0 nitrogen and oxygen atoms in total. The predicted molar refractivity (Wildman–Crippen MR) is 100 cm³/mol. The van der Waals surface area contributed by atoms with Gasteiger partial charge in [0.15, 0.2) is 0 Å². The third kappa shape index (κ3) is 7.97. The van der Waals surface area contributed by atoms with Crippen LogP contribution in [0.1, 0.15) is 44.2 Å². The van der Waals surface area contributed by atoms with E-state index >= 15 is 0 Å². The Hall–Kier alpha value is -1.63. The molecular formula is C22H31F. The quantitative estimate of drug-likeness (QED) is 0.426. The van der Waals surface area contributed by atoms with Crippen LogP contribution in [-0.2, 0) is 6.42 Å². The summed E-state index contributed by atoms with van der Waals surface area (Å²) in [5, 5.41) is 0. The van der Waals surface area contributed by atoms with Crippen molar-refractivity contribution in [2.24, 2.45) is 11.8 Å². The number of rotatable bonds is 10. The summed E-state index contributed by atoms with van der Waals surface area (Å²) in [5.41, 5.74) is 3.61. The van der Waals surface area contributed by atoms with Crippen LogP contribution in [0.25, 0.3) is 0 Å². The van der Waals surface area contributed by atoms with Crippen LogP contribution in [0, 0.1) is 18.8 Å². The van der Waals surface area contributed by atoms with E-state index in [1.807, 2.05) is 18.2 Å². The average Bonchev–Trinajstić information content (AvgIpc) is 2.56. The summed E-state index contributed by atoms with van der Waals surface area (Å²) in [4.78, 5) is 0. The lowest BCUT2D eigenvalue weighted by Gasteiger charge is -2.17. The van der Waals surface area contributed by atoms with Crippen molar-refractivity contribution in [2.75, 3.05) is 6.67 Å². The van der Waals surface area contributed by atoms with Crippen molar-refractivity contribution in [1.82, 2.24) is 0 Å². The third-order valence-corrected chi connectivity index (χ3v) is 4.48. The number of alkyl halides is 1. The van der Waals surface area contributed by atoms with Crippen LogP contribution in [-0.4, -0.2) is 6.67 Å². The first-order chi connectivity index (χ1) is 11.1. The van der Waals surface area contributed by atoms with Crippen molar-refractivity contribution in [3.8, 4) is 0 Å². The van der Waals surface area contributed by atoms with Crippen LogP contribution in [0.2, 0.25) is 0 Å². The second kappa shape index (κ2) is 11.0. The topological polar surface area (TPSA) is 0 Å². The summed E-state index contributed by atoms with van der Waals surface area (Å²) < 4.78 is 13.1. The fourth-order valence-corrected chi connectivity index (χ4v) is 2.63. The maximum absolute atomic E-state index is 13.1. The van der Waals surface area contributed by atoms with Crippen LogP contribution < -0.4 is 0 Å². The molecule has 1 rings (SSSR count). The summed E-state index contributed by atoms with van der Waals surface area (Å²) in [5.74, 6) is 0.972. The van der Waals surface area contributed by atoms with Crippen molar-refractivity contribution in [2.45, 2.75) is 46.5 Å². The Morgan fingerprint density at radius 1 is 1.09 bits per heavy atom. The molecule has 0 aromatic heterocycles. The highest BCUT2D eigenvalue weighted by molar-refractivity contribution is 5.21. The van der Waals surface area contributed by atoms with E-state index in [1.54, 1.807) is 6.08 Å². The minimum atomic E-state index is -0.361. The monoisotopic (exact) mass is 314 g/mol. The second-order valence-corrected chi connectivity index (χ2v) is 6.60. The Balaban J connectivity index is 2.37. The molecule has 0 saturated heterocycles. The molecule has 2 unspecified atom stereocenters. The van der Waals surface area contributed by atoms with Gasteiger partial charge >= 0.3 is 0 Å². The Bertz CT molecular complexity index is 507. The van der Waals surface area contributed by atoms with E-state index in [1.165, 1.54) is 17.5 Å². The molecule has 0 saturated carbocycles. The molecule has 23 heavy (non-hydrogen) atoms. The highest BCUT2D eigenvalue weighted by Crippen LogP contribution is 2.22. The number of hydrogen-bond acceptors (Lipinski definition) is 0. The first kappa shape index (κ1) is 19.4. The molecule has 0 aliphatic rings. The lowest BCUT2D eigenvalue weighted by molar-refractivity contribution is 0.417. The molecule has 1 aromatic rings. The largest absolute Gasteiger partial charge is 0.246 e. The summed E-state index contributed by atoms with van der Waals surface area (Å²) in [7, 11) is 0. The molecule has 1 heteroatoms. The Labute approximate surface area is 141 Å². The van der Waals surface area contributed by atoms with Gasteiger partial charge in [-0.3, -0.25) is 0 Å². The van der Waals surface area contributed by atoms with Crippen LogP contribution in [0.15, 0.2) is 60.7 Å². The Kier molecular flexibility index (Phi) is 9.28. The number of aryl methyl sites for hydroxylation is 2. The molecule has 126 valence electrons. The standard InChI is InChI=1S/C22H31F/c1-5-6-7-8-22(17-23)20(4)13-9-18(2)10-14-21-15-11-19(3)12-16-21/h5-8,11-12,15-16,18,20H,1,9-10,13-14,17H2,2-4H3/b7-6-,22-8+. The molecule has 1 aromatic carbocycles. The minimum absolute atomic E-state index is 0.302. The van der Waals surface area contributed by atoms with Gasteiger partial charge in [-0.1, -0.05) is 81.0 Å². The molecule has 0 amide bonds. The smallest absolute Gasteiger partial charge is 0.111 e. The van der Waals surface area contributed by atoms with Crippen LogP contribution >= 0.6 is 0 Å². The second-order valence-electron chi connectivity index (χ2n) is 6.60. The van der Waals surface area contributed by atoms with Gasteiger partial charge in [0, 0.05) is 0 Å². The van der Waals surface area contributed by atoms with Gasteiger partial charge in [0.25, 0.3) is 0 Å². The van der Waals surface area contributed by atoms with Crippen molar-refractivity contribution in [3.05, 3.63) is 71.8 Å². The zero-order valence-electron chi connectivity index (χ0n) is 14.9. The minimum Gasteiger partial charge on any atom is -0.246 e. The van der Waals surface area contributed by atoms with E-state index in [4.69, 9.17) is 0 Å². The third-order valence-electron chi connectivity index (χ3n) is 4.48. The van der Waals surface area contributed by atoms with Crippen molar-refractivity contribution >= 4 is 0 Å². The highest BCUT2D eigenvalue weighted by Gasteiger charge is 2.11. The SMILES string of the molecule is C=C/C=C\C=C(/CF)C(C)CCC(C)CCc1ccc(C)cc1. The van der Waals surface area contributed by atoms with E-state index in [0.717, 1.165) is 24.8 Å². The molecule has 0 fully saturated rings. The summed E-state index contributed by atoms with van der Waals surface area (Å²) in [6.45, 7) is 9.81. The van der Waals surface area contributed by atoms with Gasteiger partial charge in [-0.05, 0) is 49.2 Å². The van der Waals surface area contributed by atoms with Gasteiger partial charge in [0.2, 0.25) is 0 Å². The van der Waals surface area contributed by atoms with Gasteiger partial charge in [0.05, 0.1) is 0 Å². The van der Waals surface area contributed by atoms with Crippen molar-refractivity contribution < 1.29 is 4.39 Å². The fraction of sp³-hybridized carbons (Fsp3) is 0.455. The normalized spacial score (nSPS) is 14.9. The van der Waals surface area contributed by atoms with E-state index in [0.29, 0.717) is 11.8 Å². The van der Waals surface area contributed by atoms with E-state index < -0.39 is 0 Å². The lowest BCUT2D eigenvalue weighted by atomic mass is 9.89. The maximum atomic E-state index is 13.1. The van der Waals surface area contributed by atoms with Gasteiger partial charge in [-0.2, -0.15) is 0 Å². The molecule has 0 radical (unpaired) electrons. The zero-order chi connectivity index (χ0) is 17.1. The molecule has 0 spiro atoms. The molecule has 0 N–H and O–H groups in total. The number of allylic oxidation sites excluding steroid dienone is 5. The molecule has 0 bridgehead atoms. The first-order valence-electron chi connectivity index (χ1n) is 8.66.